The zero-order chi connectivity index (χ0) is 14.4. The second-order valence-electron chi connectivity index (χ2n) is 5.03. The standard InChI is InChI=1S/C15H12N4O2/c20-14(19-6-5-9-3-1-2-4-12(9)19)10-7-11-13(16-8-10)18-15(21)17-11/h1-4,7-8H,5-6H2,(H2,16,17,18,21). The number of carbonyl (C=O) groups excluding carboxylic acids is 1. The Morgan fingerprint density at radius 1 is 1.24 bits per heavy atom. The van der Waals surface area contributed by atoms with E-state index in [1.807, 2.05) is 24.3 Å². The highest BCUT2D eigenvalue weighted by molar-refractivity contribution is 6.08. The maximum atomic E-state index is 12.6. The zero-order valence-corrected chi connectivity index (χ0v) is 11.1. The lowest BCUT2D eigenvalue weighted by molar-refractivity contribution is 0.0989. The van der Waals surface area contributed by atoms with Crippen LogP contribution in [0.25, 0.3) is 11.2 Å². The molecule has 3 heterocycles. The van der Waals surface area contributed by atoms with Gasteiger partial charge in [0.1, 0.15) is 0 Å². The molecule has 0 atom stereocenters. The molecule has 0 spiro atoms. The Labute approximate surface area is 119 Å². The molecule has 1 aliphatic rings. The van der Waals surface area contributed by atoms with E-state index in [4.69, 9.17) is 0 Å². The number of nitrogens with one attached hydrogen (secondary N) is 2. The van der Waals surface area contributed by atoms with Gasteiger partial charge in [-0.25, -0.2) is 9.78 Å². The summed E-state index contributed by atoms with van der Waals surface area (Å²) in [5, 5.41) is 0. The van der Waals surface area contributed by atoms with Gasteiger partial charge in [-0.15, -0.1) is 0 Å². The second-order valence-corrected chi connectivity index (χ2v) is 5.03. The number of amides is 1. The van der Waals surface area contributed by atoms with E-state index in [1.54, 1.807) is 11.0 Å². The molecule has 0 unspecified atom stereocenters. The molecule has 1 aliphatic heterocycles. The summed E-state index contributed by atoms with van der Waals surface area (Å²) in [4.78, 5) is 34.9. The summed E-state index contributed by atoms with van der Waals surface area (Å²) in [6, 6.07) is 9.54. The highest BCUT2D eigenvalue weighted by atomic mass is 16.2. The first-order chi connectivity index (χ1) is 10.2. The number of rotatable bonds is 1. The number of aromatic amines is 2. The van der Waals surface area contributed by atoms with Crippen LogP contribution in [0.1, 0.15) is 15.9 Å². The highest BCUT2D eigenvalue weighted by Crippen LogP contribution is 2.28. The Morgan fingerprint density at radius 2 is 2.10 bits per heavy atom. The molecule has 6 nitrogen and oxygen atoms in total. The Balaban J connectivity index is 1.75. The molecule has 4 rings (SSSR count). The summed E-state index contributed by atoms with van der Waals surface area (Å²) in [6.07, 6.45) is 2.36. The van der Waals surface area contributed by atoms with Crippen LogP contribution in [0.3, 0.4) is 0 Å². The molecule has 21 heavy (non-hydrogen) atoms. The van der Waals surface area contributed by atoms with Crippen LogP contribution in [0.15, 0.2) is 41.3 Å². The molecule has 2 aromatic heterocycles. The Bertz CT molecular complexity index is 909. The van der Waals surface area contributed by atoms with E-state index in [9.17, 15) is 9.59 Å². The number of pyridine rings is 1. The first-order valence-corrected chi connectivity index (χ1v) is 6.70. The van der Waals surface area contributed by atoms with Crippen LogP contribution in [0.5, 0.6) is 0 Å². The molecule has 3 aromatic rings. The predicted molar refractivity (Wildman–Crippen MR) is 78.5 cm³/mol. The summed E-state index contributed by atoms with van der Waals surface area (Å²) < 4.78 is 0. The molecule has 2 N–H and O–H groups in total. The van der Waals surface area contributed by atoms with Crippen molar-refractivity contribution in [3.8, 4) is 0 Å². The number of hydrogen-bond acceptors (Lipinski definition) is 3. The van der Waals surface area contributed by atoms with Crippen molar-refractivity contribution in [3.63, 3.8) is 0 Å². The van der Waals surface area contributed by atoms with Gasteiger partial charge in [-0.05, 0) is 24.1 Å². The fourth-order valence-corrected chi connectivity index (χ4v) is 2.74. The Morgan fingerprint density at radius 3 is 3.00 bits per heavy atom. The van der Waals surface area contributed by atoms with E-state index >= 15 is 0 Å². The number of fused-ring (bicyclic) bond motifs is 2. The second kappa shape index (κ2) is 4.31. The van der Waals surface area contributed by atoms with Gasteiger partial charge in [0, 0.05) is 18.4 Å². The number of nitrogens with zero attached hydrogens (tertiary/aromatic N) is 2. The summed E-state index contributed by atoms with van der Waals surface area (Å²) in [6.45, 7) is 0.667. The normalized spacial score (nSPS) is 13.6. The minimum absolute atomic E-state index is 0.101. The van der Waals surface area contributed by atoms with Crippen molar-refractivity contribution in [2.75, 3.05) is 11.4 Å². The molecule has 0 bridgehead atoms. The van der Waals surface area contributed by atoms with Crippen LogP contribution in [-0.2, 0) is 6.42 Å². The zero-order valence-electron chi connectivity index (χ0n) is 11.1. The largest absolute Gasteiger partial charge is 0.325 e. The van der Waals surface area contributed by atoms with Crippen molar-refractivity contribution >= 4 is 22.8 Å². The third kappa shape index (κ3) is 1.84. The minimum atomic E-state index is -0.325. The average molecular weight is 280 g/mol. The van der Waals surface area contributed by atoms with Gasteiger partial charge in [0.2, 0.25) is 0 Å². The van der Waals surface area contributed by atoms with E-state index in [1.165, 1.54) is 11.8 Å². The maximum absolute atomic E-state index is 12.6. The van der Waals surface area contributed by atoms with Crippen molar-refractivity contribution in [2.24, 2.45) is 0 Å². The molecule has 1 aromatic carbocycles. The van der Waals surface area contributed by atoms with E-state index in [2.05, 4.69) is 15.0 Å². The van der Waals surface area contributed by atoms with Gasteiger partial charge >= 0.3 is 5.69 Å². The Kier molecular flexibility index (Phi) is 2.44. The molecule has 0 saturated carbocycles. The summed E-state index contributed by atoms with van der Waals surface area (Å²) in [5.74, 6) is -0.101. The van der Waals surface area contributed by atoms with Crippen molar-refractivity contribution in [3.05, 3.63) is 58.1 Å². The smallest absolute Gasteiger partial charge is 0.308 e. The molecule has 1 amide bonds. The molecule has 0 aliphatic carbocycles. The number of aromatic nitrogens is 3. The van der Waals surface area contributed by atoms with E-state index in [0.717, 1.165) is 12.1 Å². The van der Waals surface area contributed by atoms with Gasteiger partial charge in [-0.3, -0.25) is 9.78 Å². The van der Waals surface area contributed by atoms with Gasteiger partial charge in [0.05, 0.1) is 11.1 Å². The Hall–Kier alpha value is -2.89. The van der Waals surface area contributed by atoms with Crippen molar-refractivity contribution < 1.29 is 4.79 Å². The van der Waals surface area contributed by atoms with E-state index < -0.39 is 0 Å². The quantitative estimate of drug-likeness (QED) is 0.708. The van der Waals surface area contributed by atoms with Gasteiger partial charge < -0.3 is 9.88 Å². The van der Waals surface area contributed by atoms with Crippen LogP contribution < -0.4 is 10.6 Å². The monoisotopic (exact) mass is 280 g/mol. The minimum Gasteiger partial charge on any atom is -0.308 e. The van der Waals surface area contributed by atoms with Crippen LogP contribution in [-0.4, -0.2) is 27.4 Å². The van der Waals surface area contributed by atoms with E-state index in [-0.39, 0.29) is 11.6 Å². The van der Waals surface area contributed by atoms with Crippen molar-refractivity contribution in [1.29, 1.82) is 0 Å². The first kappa shape index (κ1) is 11.9. The molecular formula is C15H12N4O2. The molecule has 0 saturated heterocycles. The van der Waals surface area contributed by atoms with Gasteiger partial charge in [0.25, 0.3) is 5.91 Å². The number of benzene rings is 1. The van der Waals surface area contributed by atoms with Gasteiger partial charge in [0.15, 0.2) is 5.65 Å². The third-order valence-electron chi connectivity index (χ3n) is 3.75. The summed E-state index contributed by atoms with van der Waals surface area (Å²) in [7, 11) is 0. The maximum Gasteiger partial charge on any atom is 0.325 e. The predicted octanol–water partition coefficient (Wildman–Crippen LogP) is 1.45. The SMILES string of the molecule is O=C(c1cnc2[nH]c(=O)[nH]c2c1)N1CCc2ccccc21. The fourth-order valence-electron chi connectivity index (χ4n) is 2.74. The molecular weight excluding hydrogens is 268 g/mol. The molecule has 6 heteroatoms. The van der Waals surface area contributed by atoms with Crippen LogP contribution in [0, 0.1) is 0 Å². The number of para-hydroxylation sites is 1. The van der Waals surface area contributed by atoms with Crippen LogP contribution in [0.2, 0.25) is 0 Å². The summed E-state index contributed by atoms with van der Waals surface area (Å²) >= 11 is 0. The number of hydrogen-bond donors (Lipinski definition) is 2. The fraction of sp³-hybridized carbons (Fsp3) is 0.133. The lowest BCUT2D eigenvalue weighted by atomic mass is 10.2. The molecule has 0 radical (unpaired) electrons. The lowest BCUT2D eigenvalue weighted by Gasteiger charge is -2.17. The molecule has 0 fully saturated rings. The highest BCUT2D eigenvalue weighted by Gasteiger charge is 2.25. The molecule has 104 valence electrons. The van der Waals surface area contributed by atoms with E-state index in [0.29, 0.717) is 23.3 Å². The van der Waals surface area contributed by atoms with Crippen LogP contribution in [0.4, 0.5) is 5.69 Å². The van der Waals surface area contributed by atoms with Crippen molar-refractivity contribution in [2.45, 2.75) is 6.42 Å². The number of imidazole rings is 1. The number of anilines is 1. The first-order valence-electron chi connectivity index (χ1n) is 6.70. The summed E-state index contributed by atoms with van der Waals surface area (Å²) in [5.41, 5.74) is 3.26. The number of H-pyrrole nitrogens is 2. The van der Waals surface area contributed by atoms with Gasteiger partial charge in [-0.2, -0.15) is 0 Å². The third-order valence-corrected chi connectivity index (χ3v) is 3.75. The topological polar surface area (TPSA) is 81.8 Å². The lowest BCUT2D eigenvalue weighted by Crippen LogP contribution is -2.28. The van der Waals surface area contributed by atoms with Crippen molar-refractivity contribution in [1.82, 2.24) is 15.0 Å². The average Bonchev–Trinajstić information content (AvgIpc) is 3.07. The van der Waals surface area contributed by atoms with Crippen LogP contribution >= 0.6 is 0 Å². The number of carbonyl (C=O) groups is 1. The van der Waals surface area contributed by atoms with Gasteiger partial charge in [-0.1, -0.05) is 18.2 Å².